The Morgan fingerprint density at radius 1 is 1.07 bits per heavy atom. The fraction of sp³-hybridized carbons (Fsp3) is 0.333. The second-order valence-electron chi connectivity index (χ2n) is 7.09. The molecule has 0 aliphatic heterocycles. The number of carbonyl (C=O) groups is 2. The number of esters is 1. The lowest BCUT2D eigenvalue weighted by atomic mass is 9.98. The van der Waals surface area contributed by atoms with Crippen LogP contribution in [-0.4, -0.2) is 33.5 Å². The molecule has 2 rings (SSSR count). The first kappa shape index (κ1) is 23.4. The molecular formula is C21H26N2O6S. The zero-order valence-corrected chi connectivity index (χ0v) is 18.0. The van der Waals surface area contributed by atoms with E-state index >= 15 is 0 Å². The number of benzene rings is 2. The molecule has 3 N–H and O–H groups in total. The lowest BCUT2D eigenvalue weighted by Crippen LogP contribution is -2.29. The molecule has 0 aliphatic carbocycles. The molecule has 0 saturated carbocycles. The highest BCUT2D eigenvalue weighted by Crippen LogP contribution is 2.23. The van der Waals surface area contributed by atoms with E-state index in [1.807, 2.05) is 19.1 Å². The van der Waals surface area contributed by atoms with E-state index in [4.69, 9.17) is 14.6 Å². The summed E-state index contributed by atoms with van der Waals surface area (Å²) in [6.45, 7) is 5.59. The normalized spacial score (nSPS) is 11.2. The van der Waals surface area contributed by atoms with E-state index in [-0.39, 0.29) is 18.0 Å². The van der Waals surface area contributed by atoms with Gasteiger partial charge in [0.2, 0.25) is 10.0 Å². The van der Waals surface area contributed by atoms with Gasteiger partial charge in [-0.3, -0.25) is 4.79 Å². The average Bonchev–Trinajstić information content (AvgIpc) is 2.68. The van der Waals surface area contributed by atoms with Crippen molar-refractivity contribution in [1.82, 2.24) is 5.32 Å². The van der Waals surface area contributed by atoms with Crippen molar-refractivity contribution in [2.45, 2.75) is 38.1 Å². The molecule has 0 heterocycles. The van der Waals surface area contributed by atoms with Crippen LogP contribution in [0.2, 0.25) is 0 Å². The maximum atomic E-state index is 11.8. The van der Waals surface area contributed by atoms with E-state index in [2.05, 4.69) is 19.2 Å². The summed E-state index contributed by atoms with van der Waals surface area (Å²) in [5, 5.41) is 7.60. The van der Waals surface area contributed by atoms with Gasteiger partial charge in [-0.05, 0) is 53.8 Å². The minimum atomic E-state index is -3.76. The van der Waals surface area contributed by atoms with Crippen molar-refractivity contribution >= 4 is 21.9 Å². The van der Waals surface area contributed by atoms with E-state index in [1.165, 1.54) is 29.8 Å². The van der Waals surface area contributed by atoms with Crippen molar-refractivity contribution in [3.8, 4) is 5.75 Å². The van der Waals surface area contributed by atoms with Crippen LogP contribution in [-0.2, 0) is 30.9 Å². The molecule has 0 unspecified atom stereocenters. The van der Waals surface area contributed by atoms with Gasteiger partial charge in [0.05, 0.1) is 4.90 Å². The van der Waals surface area contributed by atoms with E-state index in [9.17, 15) is 18.0 Å². The predicted octanol–water partition coefficient (Wildman–Crippen LogP) is 2.00. The molecule has 9 heteroatoms. The lowest BCUT2D eigenvalue weighted by molar-refractivity contribution is -0.150. The second kappa shape index (κ2) is 10.2. The maximum absolute atomic E-state index is 11.8. The molecular weight excluding hydrogens is 408 g/mol. The summed E-state index contributed by atoms with van der Waals surface area (Å²) in [5.74, 6) is -0.195. The smallest absolute Gasteiger partial charge is 0.344 e. The molecule has 0 radical (unpaired) electrons. The summed E-state index contributed by atoms with van der Waals surface area (Å²) < 4.78 is 32.7. The van der Waals surface area contributed by atoms with Crippen molar-refractivity contribution in [3.63, 3.8) is 0 Å². The predicted molar refractivity (Wildman–Crippen MR) is 111 cm³/mol. The van der Waals surface area contributed by atoms with Gasteiger partial charge in [-0.25, -0.2) is 18.4 Å². The minimum Gasteiger partial charge on any atom is -0.482 e. The zero-order valence-electron chi connectivity index (χ0n) is 17.2. The van der Waals surface area contributed by atoms with Crippen LogP contribution in [0.4, 0.5) is 0 Å². The third-order valence-corrected chi connectivity index (χ3v) is 5.26. The Morgan fingerprint density at radius 3 is 2.30 bits per heavy atom. The maximum Gasteiger partial charge on any atom is 0.344 e. The Labute approximate surface area is 176 Å². The fourth-order valence-electron chi connectivity index (χ4n) is 2.76. The van der Waals surface area contributed by atoms with Crippen LogP contribution in [0.25, 0.3) is 0 Å². The Balaban J connectivity index is 1.73. The van der Waals surface area contributed by atoms with Gasteiger partial charge in [0, 0.05) is 6.54 Å². The molecule has 30 heavy (non-hydrogen) atoms. The van der Waals surface area contributed by atoms with Gasteiger partial charge in [-0.1, -0.05) is 32.0 Å². The summed E-state index contributed by atoms with van der Waals surface area (Å²) in [4.78, 5) is 23.6. The first-order valence-corrected chi connectivity index (χ1v) is 10.9. The zero-order chi connectivity index (χ0) is 22.3. The number of hydrogen-bond donors (Lipinski definition) is 2. The molecule has 162 valence electrons. The Kier molecular flexibility index (Phi) is 7.96. The van der Waals surface area contributed by atoms with E-state index in [0.717, 1.165) is 5.56 Å². The standard InChI is InChI=1S/C21H26N2O6S/c1-14(2)19-9-6-17(10-15(19)3)28-13-21(25)29-12-20(24)23-11-16-4-7-18(8-5-16)30(22,26)27/h4-10,14H,11-13H2,1-3H3,(H,23,24)(H2,22,26,27). The molecule has 0 aromatic heterocycles. The van der Waals surface area contributed by atoms with Crippen molar-refractivity contribution in [2.75, 3.05) is 13.2 Å². The molecule has 1 amide bonds. The Bertz CT molecular complexity index is 1000. The Morgan fingerprint density at radius 2 is 1.73 bits per heavy atom. The first-order valence-electron chi connectivity index (χ1n) is 9.33. The Hall–Kier alpha value is -2.91. The number of nitrogens with two attached hydrogens (primary N) is 1. The topological polar surface area (TPSA) is 125 Å². The number of primary sulfonamides is 1. The number of aryl methyl sites for hydroxylation is 1. The number of ether oxygens (including phenoxy) is 2. The molecule has 0 saturated heterocycles. The van der Waals surface area contributed by atoms with Gasteiger partial charge >= 0.3 is 5.97 Å². The highest BCUT2D eigenvalue weighted by Gasteiger charge is 2.11. The van der Waals surface area contributed by atoms with Gasteiger partial charge in [-0.2, -0.15) is 0 Å². The largest absolute Gasteiger partial charge is 0.482 e. The first-order chi connectivity index (χ1) is 14.1. The summed E-state index contributed by atoms with van der Waals surface area (Å²) in [5.41, 5.74) is 2.96. The van der Waals surface area contributed by atoms with Crippen LogP contribution in [0.1, 0.15) is 36.5 Å². The van der Waals surface area contributed by atoms with Gasteiger partial charge in [-0.15, -0.1) is 0 Å². The number of sulfonamides is 1. The third-order valence-electron chi connectivity index (χ3n) is 4.33. The number of rotatable bonds is 9. The van der Waals surface area contributed by atoms with Crippen LogP contribution in [0.3, 0.4) is 0 Å². The van der Waals surface area contributed by atoms with E-state index < -0.39 is 28.5 Å². The average molecular weight is 435 g/mol. The summed E-state index contributed by atoms with van der Waals surface area (Å²) in [6, 6.07) is 11.4. The minimum absolute atomic E-state index is 0.0134. The van der Waals surface area contributed by atoms with Crippen molar-refractivity contribution in [3.05, 3.63) is 59.2 Å². The molecule has 0 bridgehead atoms. The van der Waals surface area contributed by atoms with Gasteiger partial charge < -0.3 is 14.8 Å². The third kappa shape index (κ3) is 7.16. The fourth-order valence-corrected chi connectivity index (χ4v) is 3.28. The van der Waals surface area contributed by atoms with E-state index in [0.29, 0.717) is 17.2 Å². The molecule has 0 atom stereocenters. The van der Waals surface area contributed by atoms with Gasteiger partial charge in [0.25, 0.3) is 5.91 Å². The number of amides is 1. The molecule has 2 aromatic rings. The van der Waals surface area contributed by atoms with Gasteiger partial charge in [0.15, 0.2) is 13.2 Å². The molecule has 8 nitrogen and oxygen atoms in total. The number of carbonyl (C=O) groups excluding carboxylic acids is 2. The summed E-state index contributed by atoms with van der Waals surface area (Å²) >= 11 is 0. The van der Waals surface area contributed by atoms with Crippen molar-refractivity contribution in [1.29, 1.82) is 0 Å². The molecule has 0 aliphatic rings. The monoisotopic (exact) mass is 434 g/mol. The summed E-state index contributed by atoms with van der Waals surface area (Å²) in [6.07, 6.45) is 0. The highest BCUT2D eigenvalue weighted by molar-refractivity contribution is 7.89. The van der Waals surface area contributed by atoms with Crippen LogP contribution in [0, 0.1) is 6.92 Å². The molecule has 0 spiro atoms. The molecule has 0 fully saturated rings. The van der Waals surface area contributed by atoms with Crippen LogP contribution < -0.4 is 15.2 Å². The SMILES string of the molecule is Cc1cc(OCC(=O)OCC(=O)NCc2ccc(S(N)(=O)=O)cc2)ccc1C(C)C. The highest BCUT2D eigenvalue weighted by atomic mass is 32.2. The van der Waals surface area contributed by atoms with Gasteiger partial charge in [0.1, 0.15) is 5.75 Å². The van der Waals surface area contributed by atoms with E-state index in [1.54, 1.807) is 6.07 Å². The van der Waals surface area contributed by atoms with Crippen molar-refractivity contribution in [2.24, 2.45) is 5.14 Å². The van der Waals surface area contributed by atoms with Crippen LogP contribution in [0.5, 0.6) is 5.75 Å². The quantitative estimate of drug-likeness (QED) is 0.582. The lowest BCUT2D eigenvalue weighted by Gasteiger charge is -2.12. The molecule has 2 aromatic carbocycles. The summed E-state index contributed by atoms with van der Waals surface area (Å²) in [7, 11) is -3.76. The number of hydrogen-bond acceptors (Lipinski definition) is 6. The second-order valence-corrected chi connectivity index (χ2v) is 8.65. The van der Waals surface area contributed by atoms with Crippen molar-refractivity contribution < 1.29 is 27.5 Å². The number of nitrogens with one attached hydrogen (secondary N) is 1. The van der Waals surface area contributed by atoms with Crippen LogP contribution >= 0.6 is 0 Å². The van der Waals surface area contributed by atoms with Crippen LogP contribution in [0.15, 0.2) is 47.4 Å².